The van der Waals surface area contributed by atoms with E-state index in [0.717, 1.165) is 23.4 Å². The van der Waals surface area contributed by atoms with Crippen LogP contribution in [-0.4, -0.2) is 19.2 Å². The molecule has 0 radical (unpaired) electrons. The third-order valence-corrected chi connectivity index (χ3v) is 3.05. The topological polar surface area (TPSA) is 21.3 Å². The van der Waals surface area contributed by atoms with Gasteiger partial charge in [0, 0.05) is 24.1 Å². The van der Waals surface area contributed by atoms with Crippen LogP contribution in [0.1, 0.15) is 38.8 Å². The second kappa shape index (κ2) is 8.60. The van der Waals surface area contributed by atoms with Gasteiger partial charge in [0.2, 0.25) is 0 Å². The van der Waals surface area contributed by atoms with Gasteiger partial charge >= 0.3 is 0 Å². The van der Waals surface area contributed by atoms with E-state index >= 15 is 0 Å². The molecule has 0 saturated carbocycles. The van der Waals surface area contributed by atoms with E-state index in [-0.39, 0.29) is 0 Å². The molecule has 20 heavy (non-hydrogen) atoms. The number of allylic oxidation sites excluding steroid dienone is 1. The van der Waals surface area contributed by atoms with Gasteiger partial charge in [-0.05, 0) is 18.6 Å². The van der Waals surface area contributed by atoms with E-state index in [1.165, 1.54) is 0 Å². The Balaban J connectivity index is 2.70. The highest BCUT2D eigenvalue weighted by atomic mass is 16.5. The number of benzene rings is 1. The largest absolute Gasteiger partial charge is 0.493 e. The Bertz CT molecular complexity index is 449. The first-order chi connectivity index (χ1) is 9.58. The molecule has 0 bridgehead atoms. The third-order valence-electron chi connectivity index (χ3n) is 3.05. The second-order valence-corrected chi connectivity index (χ2v) is 5.44. The van der Waals surface area contributed by atoms with Gasteiger partial charge in [-0.2, -0.15) is 0 Å². The molecule has 0 heterocycles. The molecular weight excluding hydrogens is 246 g/mol. The number of hydrogen-bond donors (Lipinski definition) is 1. The standard InChI is InChI=1S/C18H27NO/c1-6-9-17-16(7-2)10-8-11-18(17)20-13-15(5)12-19-14(3)4/h6-11,14-15,19H,2,12-13H2,1,3-5H3/b9-6-. The Kier molecular flexibility index (Phi) is 7.10. The summed E-state index contributed by atoms with van der Waals surface area (Å²) in [6.45, 7) is 14.1. The van der Waals surface area contributed by atoms with Gasteiger partial charge in [-0.15, -0.1) is 0 Å². The lowest BCUT2D eigenvalue weighted by Crippen LogP contribution is -2.30. The van der Waals surface area contributed by atoms with Crippen LogP contribution < -0.4 is 10.1 Å². The molecule has 0 saturated heterocycles. The molecule has 2 heteroatoms. The fourth-order valence-electron chi connectivity index (χ4n) is 1.94. The van der Waals surface area contributed by atoms with Crippen molar-refractivity contribution in [1.29, 1.82) is 0 Å². The number of ether oxygens (including phenoxy) is 1. The number of rotatable bonds is 8. The van der Waals surface area contributed by atoms with Crippen molar-refractivity contribution < 1.29 is 4.74 Å². The van der Waals surface area contributed by atoms with Crippen LogP contribution >= 0.6 is 0 Å². The van der Waals surface area contributed by atoms with Crippen molar-refractivity contribution >= 4 is 12.2 Å². The van der Waals surface area contributed by atoms with E-state index in [1.807, 2.05) is 31.2 Å². The van der Waals surface area contributed by atoms with Crippen LogP contribution in [0.4, 0.5) is 0 Å². The van der Waals surface area contributed by atoms with Crippen molar-refractivity contribution in [2.24, 2.45) is 5.92 Å². The first-order valence-corrected chi connectivity index (χ1v) is 7.32. The highest BCUT2D eigenvalue weighted by Crippen LogP contribution is 2.25. The zero-order valence-electron chi connectivity index (χ0n) is 13.1. The van der Waals surface area contributed by atoms with Crippen molar-refractivity contribution in [3.05, 3.63) is 42.0 Å². The van der Waals surface area contributed by atoms with Gasteiger partial charge in [0.1, 0.15) is 5.75 Å². The minimum atomic E-state index is 0.475. The summed E-state index contributed by atoms with van der Waals surface area (Å²) in [6.07, 6.45) is 5.97. The summed E-state index contributed by atoms with van der Waals surface area (Å²) in [4.78, 5) is 0. The lowest BCUT2D eigenvalue weighted by molar-refractivity contribution is 0.252. The van der Waals surface area contributed by atoms with E-state index in [0.29, 0.717) is 18.6 Å². The average molecular weight is 273 g/mol. The maximum Gasteiger partial charge on any atom is 0.127 e. The van der Waals surface area contributed by atoms with E-state index in [2.05, 4.69) is 44.8 Å². The predicted molar refractivity (Wildman–Crippen MR) is 89.0 cm³/mol. The maximum atomic E-state index is 5.99. The van der Waals surface area contributed by atoms with Crippen molar-refractivity contribution in [2.75, 3.05) is 13.2 Å². The monoisotopic (exact) mass is 273 g/mol. The number of nitrogens with one attached hydrogen (secondary N) is 1. The molecule has 1 aromatic rings. The molecule has 1 N–H and O–H groups in total. The van der Waals surface area contributed by atoms with Crippen LogP contribution in [0.3, 0.4) is 0 Å². The van der Waals surface area contributed by atoms with Gasteiger partial charge < -0.3 is 10.1 Å². The Morgan fingerprint density at radius 2 is 2.05 bits per heavy atom. The zero-order chi connectivity index (χ0) is 15.0. The maximum absolute atomic E-state index is 5.99. The Morgan fingerprint density at radius 3 is 2.65 bits per heavy atom. The van der Waals surface area contributed by atoms with Crippen molar-refractivity contribution in [3.63, 3.8) is 0 Å². The van der Waals surface area contributed by atoms with Gasteiger partial charge in [-0.1, -0.05) is 57.7 Å². The van der Waals surface area contributed by atoms with Crippen LogP contribution in [0.5, 0.6) is 5.75 Å². The molecule has 1 aromatic carbocycles. The Hall–Kier alpha value is -1.54. The molecule has 1 rings (SSSR count). The SMILES string of the molecule is C=Cc1cccc(OCC(C)CNC(C)C)c1/C=C\C. The smallest absolute Gasteiger partial charge is 0.127 e. The van der Waals surface area contributed by atoms with Crippen LogP contribution in [0.15, 0.2) is 30.9 Å². The molecular formula is C18H27NO. The van der Waals surface area contributed by atoms with Crippen molar-refractivity contribution in [3.8, 4) is 5.75 Å². The molecule has 0 spiro atoms. The fourth-order valence-corrected chi connectivity index (χ4v) is 1.94. The molecule has 0 aliphatic heterocycles. The fraction of sp³-hybridized carbons (Fsp3) is 0.444. The molecule has 110 valence electrons. The first kappa shape index (κ1) is 16.5. The summed E-state index contributed by atoms with van der Waals surface area (Å²) in [5.41, 5.74) is 2.21. The minimum Gasteiger partial charge on any atom is -0.493 e. The van der Waals surface area contributed by atoms with E-state index < -0.39 is 0 Å². The molecule has 0 fully saturated rings. The first-order valence-electron chi connectivity index (χ1n) is 7.32. The molecule has 0 aliphatic rings. The van der Waals surface area contributed by atoms with E-state index in [4.69, 9.17) is 4.74 Å². The molecule has 1 unspecified atom stereocenters. The zero-order valence-corrected chi connectivity index (χ0v) is 13.1. The highest BCUT2D eigenvalue weighted by Gasteiger charge is 2.08. The summed E-state index contributed by atoms with van der Waals surface area (Å²) in [6, 6.07) is 6.60. The normalized spacial score (nSPS) is 12.8. The van der Waals surface area contributed by atoms with Crippen LogP contribution in [0, 0.1) is 5.92 Å². The molecule has 2 nitrogen and oxygen atoms in total. The summed E-state index contributed by atoms with van der Waals surface area (Å²) < 4.78 is 5.99. The van der Waals surface area contributed by atoms with Gasteiger partial charge in [-0.3, -0.25) is 0 Å². The van der Waals surface area contributed by atoms with Gasteiger partial charge in [0.25, 0.3) is 0 Å². The van der Waals surface area contributed by atoms with Crippen molar-refractivity contribution in [1.82, 2.24) is 5.32 Å². The van der Waals surface area contributed by atoms with E-state index in [1.54, 1.807) is 0 Å². The molecule has 0 aliphatic carbocycles. The average Bonchev–Trinajstić information content (AvgIpc) is 2.44. The van der Waals surface area contributed by atoms with E-state index in [9.17, 15) is 0 Å². The van der Waals surface area contributed by atoms with Gasteiger partial charge in [0.05, 0.1) is 6.61 Å². The molecule has 1 atom stereocenters. The lowest BCUT2D eigenvalue weighted by Gasteiger charge is -2.17. The Labute approximate surface area is 123 Å². The third kappa shape index (κ3) is 5.22. The predicted octanol–water partition coefficient (Wildman–Crippen LogP) is 4.38. The quantitative estimate of drug-likeness (QED) is 0.759. The van der Waals surface area contributed by atoms with Gasteiger partial charge in [-0.25, -0.2) is 0 Å². The van der Waals surface area contributed by atoms with Crippen LogP contribution in [0.25, 0.3) is 12.2 Å². The summed E-state index contributed by atoms with van der Waals surface area (Å²) in [5, 5.41) is 3.43. The van der Waals surface area contributed by atoms with Crippen LogP contribution in [0.2, 0.25) is 0 Å². The summed E-state index contributed by atoms with van der Waals surface area (Å²) >= 11 is 0. The molecule has 0 aromatic heterocycles. The van der Waals surface area contributed by atoms with Gasteiger partial charge in [0.15, 0.2) is 0 Å². The summed E-state index contributed by atoms with van der Waals surface area (Å²) in [7, 11) is 0. The second-order valence-electron chi connectivity index (χ2n) is 5.44. The molecule has 0 amide bonds. The van der Waals surface area contributed by atoms with Crippen molar-refractivity contribution in [2.45, 2.75) is 33.7 Å². The Morgan fingerprint density at radius 1 is 1.30 bits per heavy atom. The lowest BCUT2D eigenvalue weighted by atomic mass is 10.1. The number of hydrogen-bond acceptors (Lipinski definition) is 2. The highest BCUT2D eigenvalue weighted by molar-refractivity contribution is 5.69. The minimum absolute atomic E-state index is 0.475. The summed E-state index contributed by atoms with van der Waals surface area (Å²) in [5.74, 6) is 1.40. The van der Waals surface area contributed by atoms with Crippen LogP contribution in [-0.2, 0) is 0 Å².